The summed E-state index contributed by atoms with van der Waals surface area (Å²) in [6.07, 6.45) is 2.81. The molecule has 0 bridgehead atoms. The molecule has 94 valence electrons. The molecule has 0 amide bonds. The lowest BCUT2D eigenvalue weighted by molar-refractivity contribution is 0.105. The average molecular weight is 237 g/mol. The topological polar surface area (TPSA) is 56.3 Å². The minimum absolute atomic E-state index is 0.106. The first-order valence-electron chi connectivity index (χ1n) is 5.99. The van der Waals surface area contributed by atoms with E-state index in [0.29, 0.717) is 18.4 Å². The Bertz CT molecular complexity index is 386. The van der Waals surface area contributed by atoms with Crippen molar-refractivity contribution in [3.63, 3.8) is 0 Å². The average Bonchev–Trinajstić information content (AvgIpc) is 2.60. The van der Waals surface area contributed by atoms with Gasteiger partial charge >= 0.3 is 0 Å². The third kappa shape index (κ3) is 2.66. The third-order valence-electron chi connectivity index (χ3n) is 3.21. The molecule has 0 spiro atoms. The molecule has 0 aromatic carbocycles. The summed E-state index contributed by atoms with van der Waals surface area (Å²) < 4.78 is 10.9. The molecule has 1 saturated heterocycles. The van der Waals surface area contributed by atoms with Crippen LogP contribution >= 0.6 is 0 Å². The Hall–Kier alpha value is -1.36. The van der Waals surface area contributed by atoms with Crippen LogP contribution in [0.1, 0.15) is 27.2 Å². The van der Waals surface area contributed by atoms with Crippen molar-refractivity contribution in [2.45, 2.75) is 38.8 Å². The van der Waals surface area contributed by atoms with E-state index in [1.165, 1.54) is 0 Å². The van der Waals surface area contributed by atoms with Crippen molar-refractivity contribution in [3.8, 4) is 5.88 Å². The molecular formula is C12H19N3O2. The fraction of sp³-hybridized carbons (Fsp3) is 0.667. The molecule has 2 unspecified atom stereocenters. The molecule has 2 rings (SSSR count). The maximum atomic E-state index is 5.57. The summed E-state index contributed by atoms with van der Waals surface area (Å²) in [5.41, 5.74) is -0.106. The lowest BCUT2D eigenvalue weighted by Crippen LogP contribution is -2.41. The van der Waals surface area contributed by atoms with Crippen molar-refractivity contribution in [1.29, 1.82) is 0 Å². The van der Waals surface area contributed by atoms with Gasteiger partial charge in [-0.1, -0.05) is 0 Å². The molecule has 5 nitrogen and oxygen atoms in total. The normalized spacial score (nSPS) is 28.1. The zero-order chi connectivity index (χ0) is 12.3. The van der Waals surface area contributed by atoms with Gasteiger partial charge in [-0.15, -0.1) is 0 Å². The van der Waals surface area contributed by atoms with Crippen molar-refractivity contribution in [3.05, 3.63) is 12.3 Å². The molecule has 0 aliphatic carbocycles. The second-order valence-corrected chi connectivity index (χ2v) is 4.46. The first kappa shape index (κ1) is 12.1. The number of hydrogen-bond donors (Lipinski definition) is 1. The van der Waals surface area contributed by atoms with Crippen molar-refractivity contribution >= 4 is 5.95 Å². The summed E-state index contributed by atoms with van der Waals surface area (Å²) in [5.74, 6) is 1.19. The zero-order valence-electron chi connectivity index (χ0n) is 10.6. The summed E-state index contributed by atoms with van der Waals surface area (Å²) in [5, 5.41) is 3.34. The van der Waals surface area contributed by atoms with Gasteiger partial charge in [0.05, 0.1) is 18.2 Å². The number of hydrogen-bond acceptors (Lipinski definition) is 5. The van der Waals surface area contributed by atoms with Crippen LogP contribution in [0, 0.1) is 0 Å². The molecule has 1 fully saturated rings. The van der Waals surface area contributed by atoms with Crippen LogP contribution in [0.2, 0.25) is 0 Å². The molecular weight excluding hydrogens is 218 g/mol. The minimum atomic E-state index is -0.106. The van der Waals surface area contributed by atoms with E-state index in [2.05, 4.69) is 29.1 Å². The monoisotopic (exact) mass is 237 g/mol. The van der Waals surface area contributed by atoms with Crippen LogP contribution in [-0.2, 0) is 4.74 Å². The van der Waals surface area contributed by atoms with Gasteiger partial charge in [-0.25, -0.2) is 4.98 Å². The van der Waals surface area contributed by atoms with Gasteiger partial charge in [-0.3, -0.25) is 0 Å². The van der Waals surface area contributed by atoms with Gasteiger partial charge in [0.15, 0.2) is 0 Å². The Kier molecular flexibility index (Phi) is 3.47. The highest BCUT2D eigenvalue weighted by Gasteiger charge is 2.37. The van der Waals surface area contributed by atoms with Crippen LogP contribution in [0.15, 0.2) is 12.3 Å². The first-order valence-corrected chi connectivity index (χ1v) is 5.99. The Morgan fingerprint density at radius 2 is 2.47 bits per heavy atom. The van der Waals surface area contributed by atoms with E-state index < -0.39 is 0 Å². The summed E-state index contributed by atoms with van der Waals surface area (Å²) >= 11 is 0. The Balaban J connectivity index is 2.10. The van der Waals surface area contributed by atoms with Crippen LogP contribution in [0.5, 0.6) is 5.88 Å². The van der Waals surface area contributed by atoms with Crippen molar-refractivity contribution in [2.24, 2.45) is 0 Å². The maximum absolute atomic E-state index is 5.57. The van der Waals surface area contributed by atoms with Crippen LogP contribution in [-0.4, -0.2) is 34.8 Å². The van der Waals surface area contributed by atoms with E-state index in [1.54, 1.807) is 12.3 Å². The predicted molar refractivity (Wildman–Crippen MR) is 65.3 cm³/mol. The van der Waals surface area contributed by atoms with Crippen molar-refractivity contribution in [1.82, 2.24) is 9.97 Å². The number of rotatable bonds is 4. The van der Waals surface area contributed by atoms with Gasteiger partial charge in [0.2, 0.25) is 11.8 Å². The molecule has 1 aromatic rings. The molecule has 2 heterocycles. The Labute approximate surface area is 102 Å². The predicted octanol–water partition coefficient (Wildman–Crippen LogP) is 1.85. The van der Waals surface area contributed by atoms with Crippen LogP contribution in [0.3, 0.4) is 0 Å². The van der Waals surface area contributed by atoms with E-state index in [0.717, 1.165) is 13.0 Å². The smallest absolute Gasteiger partial charge is 0.226 e. The third-order valence-corrected chi connectivity index (χ3v) is 3.21. The molecule has 2 atom stereocenters. The highest BCUT2D eigenvalue weighted by atomic mass is 16.5. The molecule has 0 radical (unpaired) electrons. The fourth-order valence-electron chi connectivity index (χ4n) is 1.89. The SMILES string of the molecule is CCOc1ccnc(NC2(C)CCOC2C)n1. The number of nitrogens with zero attached hydrogens (tertiary/aromatic N) is 2. The summed E-state index contributed by atoms with van der Waals surface area (Å²) in [4.78, 5) is 8.51. The second-order valence-electron chi connectivity index (χ2n) is 4.46. The van der Waals surface area contributed by atoms with Crippen molar-refractivity contribution < 1.29 is 9.47 Å². The van der Waals surface area contributed by atoms with Gasteiger partial charge in [-0.2, -0.15) is 4.98 Å². The van der Waals surface area contributed by atoms with Crippen LogP contribution in [0.4, 0.5) is 5.95 Å². The molecule has 1 aromatic heterocycles. The zero-order valence-corrected chi connectivity index (χ0v) is 10.6. The van der Waals surface area contributed by atoms with Gasteiger partial charge in [-0.05, 0) is 27.2 Å². The summed E-state index contributed by atoms with van der Waals surface area (Å²) in [7, 11) is 0. The largest absolute Gasteiger partial charge is 0.478 e. The van der Waals surface area contributed by atoms with E-state index in [4.69, 9.17) is 9.47 Å². The van der Waals surface area contributed by atoms with E-state index in [1.807, 2.05) is 6.92 Å². The van der Waals surface area contributed by atoms with Crippen LogP contribution in [0.25, 0.3) is 0 Å². The fourth-order valence-corrected chi connectivity index (χ4v) is 1.89. The van der Waals surface area contributed by atoms with E-state index in [-0.39, 0.29) is 11.6 Å². The molecule has 1 N–H and O–H groups in total. The number of anilines is 1. The second kappa shape index (κ2) is 4.87. The van der Waals surface area contributed by atoms with Gasteiger partial charge in [0, 0.05) is 18.9 Å². The minimum Gasteiger partial charge on any atom is -0.478 e. The number of nitrogens with one attached hydrogen (secondary N) is 1. The standard InChI is InChI=1S/C12H19N3O2/c1-4-16-10-5-7-13-11(14-10)15-12(3)6-8-17-9(12)2/h5,7,9H,4,6,8H2,1-3H3,(H,13,14,15). The molecule has 1 aliphatic heterocycles. The summed E-state index contributed by atoms with van der Waals surface area (Å²) in [6, 6.07) is 1.76. The van der Waals surface area contributed by atoms with Gasteiger partial charge in [0.25, 0.3) is 0 Å². The maximum Gasteiger partial charge on any atom is 0.226 e. The number of ether oxygens (including phenoxy) is 2. The van der Waals surface area contributed by atoms with Gasteiger partial charge in [0.1, 0.15) is 0 Å². The quantitative estimate of drug-likeness (QED) is 0.866. The van der Waals surface area contributed by atoms with Gasteiger partial charge < -0.3 is 14.8 Å². The van der Waals surface area contributed by atoms with E-state index >= 15 is 0 Å². The summed E-state index contributed by atoms with van der Waals surface area (Å²) in [6.45, 7) is 7.50. The molecule has 1 aliphatic rings. The van der Waals surface area contributed by atoms with Crippen molar-refractivity contribution in [2.75, 3.05) is 18.5 Å². The number of aromatic nitrogens is 2. The highest BCUT2D eigenvalue weighted by Crippen LogP contribution is 2.28. The Morgan fingerprint density at radius 1 is 1.65 bits per heavy atom. The molecule has 17 heavy (non-hydrogen) atoms. The first-order chi connectivity index (χ1) is 8.14. The molecule has 5 heteroatoms. The Morgan fingerprint density at radius 3 is 3.12 bits per heavy atom. The van der Waals surface area contributed by atoms with Crippen LogP contribution < -0.4 is 10.1 Å². The lowest BCUT2D eigenvalue weighted by atomic mass is 9.95. The highest BCUT2D eigenvalue weighted by molar-refractivity contribution is 5.32. The lowest BCUT2D eigenvalue weighted by Gasteiger charge is -2.28. The molecule has 0 saturated carbocycles. The van der Waals surface area contributed by atoms with E-state index in [9.17, 15) is 0 Å².